The lowest BCUT2D eigenvalue weighted by Crippen LogP contribution is -2.76. The molecule has 0 aliphatic carbocycles. The third-order valence-electron chi connectivity index (χ3n) is 7.03. The fourth-order valence-corrected chi connectivity index (χ4v) is 6.16. The molecule has 4 aliphatic heterocycles. The molecule has 32 heavy (non-hydrogen) atoms. The Morgan fingerprint density at radius 2 is 2.00 bits per heavy atom. The average molecular weight is 450 g/mol. The van der Waals surface area contributed by atoms with Gasteiger partial charge < -0.3 is 19.2 Å². The Balaban J connectivity index is 1.20. The van der Waals surface area contributed by atoms with Gasteiger partial charge in [0, 0.05) is 22.1 Å². The Bertz CT molecular complexity index is 1140. The number of hydrogen-bond donors (Lipinski definition) is 1. The Morgan fingerprint density at radius 1 is 1.16 bits per heavy atom. The first-order chi connectivity index (χ1) is 15.5. The molecule has 4 fully saturated rings. The van der Waals surface area contributed by atoms with E-state index in [1.165, 1.54) is 28.1 Å². The highest BCUT2D eigenvalue weighted by Crippen LogP contribution is 2.50. The van der Waals surface area contributed by atoms with Gasteiger partial charge in [-0.05, 0) is 59.8 Å². The molecule has 7 heteroatoms. The molecular weight excluding hydrogens is 426 g/mol. The number of fused-ring (bicyclic) bond motifs is 2. The van der Waals surface area contributed by atoms with Crippen LogP contribution in [-0.2, 0) is 20.6 Å². The van der Waals surface area contributed by atoms with Crippen LogP contribution in [0, 0.1) is 18.7 Å². The minimum Gasteiger partial charge on any atom is -0.445 e. The van der Waals surface area contributed by atoms with Crippen LogP contribution in [0.1, 0.15) is 22.4 Å². The summed E-state index contributed by atoms with van der Waals surface area (Å²) in [5.41, 5.74) is 4.28. The highest BCUT2D eigenvalue weighted by atomic mass is 32.1. The lowest BCUT2D eigenvalue weighted by Gasteiger charge is -2.61. The van der Waals surface area contributed by atoms with Crippen molar-refractivity contribution in [3.05, 3.63) is 76.4 Å². The van der Waals surface area contributed by atoms with E-state index in [0.29, 0.717) is 13.2 Å². The van der Waals surface area contributed by atoms with Crippen molar-refractivity contribution in [2.45, 2.75) is 37.7 Å². The highest BCUT2D eigenvalue weighted by molar-refractivity contribution is 7.15. The van der Waals surface area contributed by atoms with Crippen LogP contribution >= 0.6 is 11.3 Å². The van der Waals surface area contributed by atoms with Gasteiger partial charge in [-0.1, -0.05) is 30.3 Å². The molecule has 0 saturated carbocycles. The lowest BCUT2D eigenvalue weighted by atomic mass is 9.48. The summed E-state index contributed by atoms with van der Waals surface area (Å²) >= 11 is 1.71. The summed E-state index contributed by atoms with van der Waals surface area (Å²) < 4.78 is 30.9. The van der Waals surface area contributed by atoms with Crippen molar-refractivity contribution < 1.29 is 23.6 Å². The van der Waals surface area contributed by atoms with Crippen LogP contribution in [0.5, 0.6) is 0 Å². The van der Waals surface area contributed by atoms with Crippen LogP contribution in [0.4, 0.5) is 4.39 Å². The number of aryl methyl sites for hydroxylation is 1. The van der Waals surface area contributed by atoms with Gasteiger partial charge >= 0.3 is 6.92 Å². The van der Waals surface area contributed by atoms with E-state index < -0.39 is 12.7 Å². The van der Waals surface area contributed by atoms with E-state index in [1.54, 1.807) is 11.3 Å². The first-order valence-corrected chi connectivity index (χ1v) is 11.9. The van der Waals surface area contributed by atoms with Crippen LogP contribution in [0.15, 0.2) is 54.6 Å². The molecule has 1 aromatic heterocycles. The summed E-state index contributed by atoms with van der Waals surface area (Å²) in [6.07, 6.45) is 1.78. The van der Waals surface area contributed by atoms with Gasteiger partial charge in [-0.3, -0.25) is 0 Å². The molecule has 1 spiro atoms. The number of ether oxygens (including phenoxy) is 3. The summed E-state index contributed by atoms with van der Waals surface area (Å²) in [7, 11) is 0. The Kier molecular flexibility index (Phi) is 5.00. The number of benzene rings is 2. The second-order valence-corrected chi connectivity index (χ2v) is 10.2. The third-order valence-corrected chi connectivity index (χ3v) is 8.16. The molecule has 2 aromatic carbocycles. The van der Waals surface area contributed by atoms with Crippen molar-refractivity contribution in [3.63, 3.8) is 0 Å². The van der Waals surface area contributed by atoms with Gasteiger partial charge in [0.05, 0.1) is 18.7 Å². The zero-order valence-electron chi connectivity index (χ0n) is 17.8. The quantitative estimate of drug-likeness (QED) is 0.603. The monoisotopic (exact) mass is 450 g/mol. The molecule has 4 aliphatic rings. The summed E-state index contributed by atoms with van der Waals surface area (Å²) in [5.74, 6) is -0.704. The second kappa shape index (κ2) is 7.78. The van der Waals surface area contributed by atoms with E-state index in [2.05, 4.69) is 31.2 Å². The molecule has 0 amide bonds. The standard InChI is InChI=1S/C25H24BFO4S/c1-15-2-5-18(26(28)24-22-12-20-13-30-25(22,31-24)14-29-20)10-17(15)11-21-8-9-23(32-21)16-3-6-19(27)7-4-16/h2-10,20,22,24,28H,11-14H2,1H3/t20-,22+,24?,25-/m0/s1. The summed E-state index contributed by atoms with van der Waals surface area (Å²) in [6, 6.07) is 16.7. The molecule has 7 rings (SSSR count). The van der Waals surface area contributed by atoms with Gasteiger partial charge in [0.25, 0.3) is 0 Å². The van der Waals surface area contributed by atoms with Crippen LogP contribution < -0.4 is 5.46 Å². The number of halogens is 1. The van der Waals surface area contributed by atoms with E-state index in [4.69, 9.17) is 14.2 Å². The fourth-order valence-electron chi connectivity index (χ4n) is 5.12. The van der Waals surface area contributed by atoms with Crippen LogP contribution in [0.3, 0.4) is 0 Å². The molecule has 2 bridgehead atoms. The summed E-state index contributed by atoms with van der Waals surface area (Å²) in [6.45, 7) is 2.44. The van der Waals surface area contributed by atoms with E-state index >= 15 is 0 Å². The number of rotatable bonds is 5. The highest BCUT2D eigenvalue weighted by Gasteiger charge is 2.65. The molecule has 5 heterocycles. The first-order valence-electron chi connectivity index (χ1n) is 11.1. The second-order valence-electron chi connectivity index (χ2n) is 9.06. The van der Waals surface area contributed by atoms with Gasteiger partial charge in [-0.25, -0.2) is 4.39 Å². The molecule has 0 radical (unpaired) electrons. The predicted octanol–water partition coefficient (Wildman–Crippen LogP) is 3.71. The van der Waals surface area contributed by atoms with Crippen molar-refractivity contribution >= 4 is 23.7 Å². The van der Waals surface area contributed by atoms with Crippen molar-refractivity contribution in [2.24, 2.45) is 5.92 Å². The first kappa shape index (κ1) is 20.6. The largest absolute Gasteiger partial charge is 0.445 e. The average Bonchev–Trinajstić information content (AvgIpc) is 3.26. The summed E-state index contributed by atoms with van der Waals surface area (Å²) in [4.78, 5) is 2.35. The molecule has 4 saturated heterocycles. The molecule has 1 N–H and O–H groups in total. The normalized spacial score (nSPS) is 28.3. The van der Waals surface area contributed by atoms with E-state index in [9.17, 15) is 9.41 Å². The van der Waals surface area contributed by atoms with Crippen LogP contribution in [-0.4, -0.2) is 43.0 Å². The van der Waals surface area contributed by atoms with E-state index in [0.717, 1.165) is 28.7 Å². The van der Waals surface area contributed by atoms with Gasteiger partial charge in [0.1, 0.15) is 12.4 Å². The zero-order valence-corrected chi connectivity index (χ0v) is 18.6. The SMILES string of the molecule is Cc1ccc(B(O)C2O[C@]34CO[C@H](CO3)C[C@H]24)cc1Cc1ccc(-c2ccc(F)cc2)s1. The van der Waals surface area contributed by atoms with Crippen LogP contribution in [0.2, 0.25) is 0 Å². The zero-order chi connectivity index (χ0) is 21.9. The molecule has 164 valence electrons. The minimum absolute atomic E-state index is 0.114. The van der Waals surface area contributed by atoms with Gasteiger partial charge in [0.2, 0.25) is 0 Å². The van der Waals surface area contributed by atoms with Gasteiger partial charge in [-0.15, -0.1) is 11.3 Å². The topological polar surface area (TPSA) is 47.9 Å². The maximum atomic E-state index is 13.2. The third kappa shape index (κ3) is 3.44. The number of hydrogen-bond acceptors (Lipinski definition) is 5. The van der Waals surface area contributed by atoms with E-state index in [-0.39, 0.29) is 23.8 Å². The van der Waals surface area contributed by atoms with Crippen molar-refractivity contribution in [1.29, 1.82) is 0 Å². The van der Waals surface area contributed by atoms with Gasteiger partial charge in [-0.2, -0.15) is 0 Å². The maximum absolute atomic E-state index is 13.2. The Hall–Kier alpha value is -2.03. The molecule has 4 nitrogen and oxygen atoms in total. The fraction of sp³-hybridized carbons (Fsp3) is 0.360. The molecule has 4 atom stereocenters. The summed E-state index contributed by atoms with van der Waals surface area (Å²) in [5, 5.41) is 11.1. The molecule has 1 unspecified atom stereocenters. The smallest absolute Gasteiger partial charge is 0.354 e. The Morgan fingerprint density at radius 3 is 2.75 bits per heavy atom. The lowest BCUT2D eigenvalue weighted by molar-refractivity contribution is -0.440. The minimum atomic E-state index is -0.689. The molecule has 3 aromatic rings. The molecular formula is C25H24BFO4S. The van der Waals surface area contributed by atoms with Gasteiger partial charge in [0.15, 0.2) is 5.79 Å². The van der Waals surface area contributed by atoms with Crippen LogP contribution in [0.25, 0.3) is 10.4 Å². The van der Waals surface area contributed by atoms with Crippen molar-refractivity contribution in [3.8, 4) is 10.4 Å². The Labute approximate surface area is 191 Å². The van der Waals surface area contributed by atoms with Crippen molar-refractivity contribution in [1.82, 2.24) is 0 Å². The predicted molar refractivity (Wildman–Crippen MR) is 123 cm³/mol. The number of thiophene rings is 1. The van der Waals surface area contributed by atoms with E-state index in [1.807, 2.05) is 18.2 Å². The maximum Gasteiger partial charge on any atom is 0.354 e. The van der Waals surface area contributed by atoms with Crippen molar-refractivity contribution in [2.75, 3.05) is 13.2 Å².